The van der Waals surface area contributed by atoms with Crippen molar-refractivity contribution in [2.45, 2.75) is 32.6 Å². The van der Waals surface area contributed by atoms with Crippen molar-refractivity contribution >= 4 is 0 Å². The second-order valence-corrected chi connectivity index (χ2v) is 5.17. The summed E-state index contributed by atoms with van der Waals surface area (Å²) < 4.78 is 38.7. The molecule has 4 heteroatoms. The van der Waals surface area contributed by atoms with Crippen LogP contribution in [-0.2, 0) is 12.7 Å². The lowest BCUT2D eigenvalue weighted by Gasteiger charge is -2.17. The van der Waals surface area contributed by atoms with E-state index in [0.29, 0.717) is 0 Å². The standard InChI is InChI=1S/C17H18F3N/c1-12-7-9-14(10-8-12)13(2)21-11-15-5-3-4-6-16(15)17(18,19)20/h3-10,13,21H,11H2,1-2H3/t13-/m0/s1. The SMILES string of the molecule is Cc1ccc([C@H](C)NCc2ccccc2C(F)(F)F)cc1. The van der Waals surface area contributed by atoms with E-state index in [9.17, 15) is 13.2 Å². The first-order valence-electron chi connectivity index (χ1n) is 6.83. The van der Waals surface area contributed by atoms with Gasteiger partial charge in [0.15, 0.2) is 0 Å². The third kappa shape index (κ3) is 4.08. The van der Waals surface area contributed by atoms with Gasteiger partial charge in [-0.2, -0.15) is 13.2 Å². The molecule has 0 unspecified atom stereocenters. The van der Waals surface area contributed by atoms with Crippen LogP contribution in [0.25, 0.3) is 0 Å². The number of rotatable bonds is 4. The van der Waals surface area contributed by atoms with E-state index in [0.717, 1.165) is 17.2 Å². The lowest BCUT2D eigenvalue weighted by Crippen LogP contribution is -2.20. The zero-order valence-electron chi connectivity index (χ0n) is 12.0. The second-order valence-electron chi connectivity index (χ2n) is 5.17. The maximum absolute atomic E-state index is 12.9. The minimum atomic E-state index is -4.31. The zero-order valence-corrected chi connectivity index (χ0v) is 12.0. The van der Waals surface area contributed by atoms with E-state index >= 15 is 0 Å². The molecule has 2 rings (SSSR count). The number of halogens is 3. The highest BCUT2D eigenvalue weighted by Crippen LogP contribution is 2.32. The van der Waals surface area contributed by atoms with Gasteiger partial charge in [0.2, 0.25) is 0 Å². The molecule has 2 aromatic carbocycles. The smallest absolute Gasteiger partial charge is 0.306 e. The Labute approximate surface area is 122 Å². The summed E-state index contributed by atoms with van der Waals surface area (Å²) in [5.74, 6) is 0. The van der Waals surface area contributed by atoms with Gasteiger partial charge in [-0.25, -0.2) is 0 Å². The molecule has 0 radical (unpaired) electrons. The quantitative estimate of drug-likeness (QED) is 0.848. The Morgan fingerprint density at radius 2 is 1.62 bits per heavy atom. The number of nitrogens with one attached hydrogen (secondary N) is 1. The highest BCUT2D eigenvalue weighted by Gasteiger charge is 2.32. The summed E-state index contributed by atoms with van der Waals surface area (Å²) in [4.78, 5) is 0. The monoisotopic (exact) mass is 293 g/mol. The summed E-state index contributed by atoms with van der Waals surface area (Å²) in [5.41, 5.74) is 1.91. The first-order chi connectivity index (χ1) is 9.88. The average molecular weight is 293 g/mol. The van der Waals surface area contributed by atoms with Crippen LogP contribution in [0.5, 0.6) is 0 Å². The molecule has 0 saturated heterocycles. The van der Waals surface area contributed by atoms with Crippen LogP contribution in [0.2, 0.25) is 0 Å². The van der Waals surface area contributed by atoms with Gasteiger partial charge in [0, 0.05) is 12.6 Å². The van der Waals surface area contributed by atoms with E-state index < -0.39 is 11.7 Å². The molecular weight excluding hydrogens is 275 g/mol. The molecule has 21 heavy (non-hydrogen) atoms. The van der Waals surface area contributed by atoms with Crippen LogP contribution in [0.4, 0.5) is 13.2 Å². The van der Waals surface area contributed by atoms with Crippen molar-refractivity contribution in [1.82, 2.24) is 5.32 Å². The van der Waals surface area contributed by atoms with E-state index in [2.05, 4.69) is 5.32 Å². The van der Waals surface area contributed by atoms with Crippen molar-refractivity contribution in [3.63, 3.8) is 0 Å². The lowest BCUT2D eigenvalue weighted by molar-refractivity contribution is -0.138. The van der Waals surface area contributed by atoms with E-state index in [-0.39, 0.29) is 18.2 Å². The fourth-order valence-electron chi connectivity index (χ4n) is 2.19. The highest BCUT2D eigenvalue weighted by atomic mass is 19.4. The summed E-state index contributed by atoms with van der Waals surface area (Å²) in [5, 5.41) is 3.15. The number of hydrogen-bond donors (Lipinski definition) is 1. The summed E-state index contributed by atoms with van der Waals surface area (Å²) in [6.45, 7) is 4.13. The molecule has 0 aromatic heterocycles. The Hall–Kier alpha value is -1.81. The largest absolute Gasteiger partial charge is 0.416 e. The van der Waals surface area contributed by atoms with Crippen molar-refractivity contribution in [3.8, 4) is 0 Å². The van der Waals surface area contributed by atoms with Crippen molar-refractivity contribution < 1.29 is 13.2 Å². The topological polar surface area (TPSA) is 12.0 Å². The molecular formula is C17H18F3N. The molecule has 0 aliphatic heterocycles. The Morgan fingerprint density at radius 3 is 2.24 bits per heavy atom. The maximum atomic E-state index is 12.9. The van der Waals surface area contributed by atoms with Gasteiger partial charge in [-0.05, 0) is 31.0 Å². The number of alkyl halides is 3. The summed E-state index contributed by atoms with van der Waals surface area (Å²) in [6, 6.07) is 13.6. The zero-order chi connectivity index (χ0) is 15.5. The fourth-order valence-corrected chi connectivity index (χ4v) is 2.19. The molecule has 112 valence electrons. The summed E-state index contributed by atoms with van der Waals surface area (Å²) in [6.07, 6.45) is -4.31. The molecule has 0 aliphatic rings. The molecule has 0 amide bonds. The van der Waals surface area contributed by atoms with Crippen LogP contribution < -0.4 is 5.32 Å². The molecule has 0 saturated carbocycles. The van der Waals surface area contributed by atoms with Gasteiger partial charge in [-0.3, -0.25) is 0 Å². The van der Waals surface area contributed by atoms with Crippen LogP contribution in [-0.4, -0.2) is 0 Å². The van der Waals surface area contributed by atoms with Crippen LogP contribution in [0.15, 0.2) is 48.5 Å². The van der Waals surface area contributed by atoms with Gasteiger partial charge in [-0.1, -0.05) is 48.0 Å². The Morgan fingerprint density at radius 1 is 1.00 bits per heavy atom. The lowest BCUT2D eigenvalue weighted by atomic mass is 10.0. The van der Waals surface area contributed by atoms with Crippen LogP contribution in [0.3, 0.4) is 0 Å². The fraction of sp³-hybridized carbons (Fsp3) is 0.294. The average Bonchev–Trinajstić information content (AvgIpc) is 2.45. The van der Waals surface area contributed by atoms with Crippen molar-refractivity contribution in [2.75, 3.05) is 0 Å². The van der Waals surface area contributed by atoms with Gasteiger partial charge in [0.25, 0.3) is 0 Å². The maximum Gasteiger partial charge on any atom is 0.416 e. The van der Waals surface area contributed by atoms with Crippen LogP contribution in [0, 0.1) is 6.92 Å². The van der Waals surface area contributed by atoms with Crippen LogP contribution >= 0.6 is 0 Å². The molecule has 0 fully saturated rings. The molecule has 0 spiro atoms. The molecule has 2 aromatic rings. The van der Waals surface area contributed by atoms with E-state index in [1.807, 2.05) is 38.1 Å². The first kappa shape index (κ1) is 15.6. The third-order valence-electron chi connectivity index (χ3n) is 3.50. The normalized spacial score (nSPS) is 13.2. The Bertz CT molecular complexity index is 588. The predicted molar refractivity (Wildman–Crippen MR) is 77.9 cm³/mol. The first-order valence-corrected chi connectivity index (χ1v) is 6.83. The minimum Gasteiger partial charge on any atom is -0.306 e. The number of benzene rings is 2. The minimum absolute atomic E-state index is 0.00751. The van der Waals surface area contributed by atoms with Crippen molar-refractivity contribution in [2.24, 2.45) is 0 Å². The van der Waals surface area contributed by atoms with Gasteiger partial charge in [0.1, 0.15) is 0 Å². The molecule has 0 bridgehead atoms. The molecule has 1 nitrogen and oxygen atoms in total. The van der Waals surface area contributed by atoms with Crippen molar-refractivity contribution in [1.29, 1.82) is 0 Å². The van der Waals surface area contributed by atoms with Gasteiger partial charge >= 0.3 is 6.18 Å². The highest BCUT2D eigenvalue weighted by molar-refractivity contribution is 5.30. The number of aryl methyl sites for hydroxylation is 1. The molecule has 1 N–H and O–H groups in total. The molecule has 0 heterocycles. The van der Waals surface area contributed by atoms with Crippen molar-refractivity contribution in [3.05, 3.63) is 70.8 Å². The molecule has 0 aliphatic carbocycles. The predicted octanol–water partition coefficient (Wildman–Crippen LogP) is 4.86. The van der Waals surface area contributed by atoms with E-state index in [1.165, 1.54) is 12.1 Å². The van der Waals surface area contributed by atoms with Gasteiger partial charge in [0.05, 0.1) is 5.56 Å². The van der Waals surface area contributed by atoms with E-state index in [4.69, 9.17) is 0 Å². The summed E-state index contributed by atoms with van der Waals surface area (Å²) in [7, 11) is 0. The second kappa shape index (κ2) is 6.31. The van der Waals surface area contributed by atoms with Gasteiger partial charge < -0.3 is 5.32 Å². The number of hydrogen-bond acceptors (Lipinski definition) is 1. The van der Waals surface area contributed by atoms with Crippen LogP contribution in [0.1, 0.15) is 35.2 Å². The Balaban J connectivity index is 2.08. The Kier molecular flexibility index (Phi) is 4.68. The van der Waals surface area contributed by atoms with E-state index in [1.54, 1.807) is 6.07 Å². The summed E-state index contributed by atoms with van der Waals surface area (Å²) >= 11 is 0. The van der Waals surface area contributed by atoms with Gasteiger partial charge in [-0.15, -0.1) is 0 Å². The molecule has 1 atom stereocenters. The third-order valence-corrected chi connectivity index (χ3v) is 3.50.